The highest BCUT2D eigenvalue weighted by Gasteiger charge is 2.26. The van der Waals surface area contributed by atoms with E-state index in [9.17, 15) is 0 Å². The normalized spacial score (nSPS) is 16.2. The second kappa shape index (κ2) is 3.29. The molecule has 1 aromatic carbocycles. The van der Waals surface area contributed by atoms with Crippen LogP contribution in [0.5, 0.6) is 0 Å². The summed E-state index contributed by atoms with van der Waals surface area (Å²) in [5.74, 6) is 0. The first-order valence-electron chi connectivity index (χ1n) is 5.74. The van der Waals surface area contributed by atoms with Crippen molar-refractivity contribution >= 4 is 11.9 Å². The molecule has 1 aliphatic heterocycles. The number of aliphatic imine (C=N–C) groups is 1. The first kappa shape index (κ1) is 10.3. The highest BCUT2D eigenvalue weighted by Crippen LogP contribution is 2.38. The smallest absolute Gasteiger partial charge is 0.0951 e. The molecule has 3 nitrogen and oxygen atoms in total. The predicted octanol–water partition coefficient (Wildman–Crippen LogP) is 3.08. The van der Waals surface area contributed by atoms with E-state index in [2.05, 4.69) is 42.0 Å². The molecule has 0 saturated carbocycles. The van der Waals surface area contributed by atoms with Gasteiger partial charge in [0.25, 0.3) is 0 Å². The standard InChI is InChI=1S/C14H15N3/c1-14(2)8-15-12-6-10(4-5-11(12)14)13-7-17(3)9-16-13/h4-9H,1-3H3. The minimum Gasteiger partial charge on any atom is -0.340 e. The molecule has 0 N–H and O–H groups in total. The minimum atomic E-state index is 0.0536. The number of rotatable bonds is 1. The van der Waals surface area contributed by atoms with E-state index >= 15 is 0 Å². The van der Waals surface area contributed by atoms with Crippen LogP contribution in [-0.2, 0) is 12.5 Å². The average molecular weight is 225 g/mol. The molecular formula is C14H15N3. The largest absolute Gasteiger partial charge is 0.340 e. The van der Waals surface area contributed by atoms with Crippen molar-refractivity contribution in [1.82, 2.24) is 9.55 Å². The maximum Gasteiger partial charge on any atom is 0.0951 e. The van der Waals surface area contributed by atoms with Gasteiger partial charge in [-0.25, -0.2) is 4.98 Å². The number of fused-ring (bicyclic) bond motifs is 1. The summed E-state index contributed by atoms with van der Waals surface area (Å²) in [6.45, 7) is 4.37. The van der Waals surface area contributed by atoms with Gasteiger partial charge in [-0.15, -0.1) is 0 Å². The molecule has 3 heteroatoms. The van der Waals surface area contributed by atoms with E-state index in [1.807, 2.05) is 30.4 Å². The molecule has 0 spiro atoms. The summed E-state index contributed by atoms with van der Waals surface area (Å²) in [5, 5.41) is 0. The first-order valence-corrected chi connectivity index (χ1v) is 5.74. The van der Waals surface area contributed by atoms with Gasteiger partial charge in [0, 0.05) is 30.4 Å². The maximum atomic E-state index is 4.49. The van der Waals surface area contributed by atoms with E-state index in [0.717, 1.165) is 16.9 Å². The number of imidazole rings is 1. The molecule has 0 fully saturated rings. The lowest BCUT2D eigenvalue weighted by molar-refractivity contribution is 0.753. The van der Waals surface area contributed by atoms with Gasteiger partial charge in [-0.05, 0) is 11.6 Å². The van der Waals surface area contributed by atoms with Gasteiger partial charge in [0.1, 0.15) is 0 Å². The Morgan fingerprint density at radius 1 is 1.24 bits per heavy atom. The number of hydrogen-bond donors (Lipinski definition) is 0. The highest BCUT2D eigenvalue weighted by molar-refractivity contribution is 5.85. The van der Waals surface area contributed by atoms with Gasteiger partial charge in [-0.3, -0.25) is 4.99 Å². The average Bonchev–Trinajstić information content (AvgIpc) is 2.84. The molecule has 86 valence electrons. The lowest BCUT2D eigenvalue weighted by Crippen LogP contribution is -2.14. The number of aryl methyl sites for hydroxylation is 1. The maximum absolute atomic E-state index is 4.49. The van der Waals surface area contributed by atoms with Gasteiger partial charge in [0.05, 0.1) is 17.7 Å². The van der Waals surface area contributed by atoms with Crippen LogP contribution in [0.15, 0.2) is 35.7 Å². The number of aromatic nitrogens is 2. The zero-order valence-corrected chi connectivity index (χ0v) is 10.3. The Balaban J connectivity index is 2.09. The second-order valence-electron chi connectivity index (χ2n) is 5.14. The Morgan fingerprint density at radius 3 is 2.76 bits per heavy atom. The summed E-state index contributed by atoms with van der Waals surface area (Å²) in [6, 6.07) is 6.40. The monoisotopic (exact) mass is 225 g/mol. The van der Waals surface area contributed by atoms with Gasteiger partial charge in [0.15, 0.2) is 0 Å². The molecule has 0 aliphatic carbocycles. The Hall–Kier alpha value is -1.90. The van der Waals surface area contributed by atoms with Crippen LogP contribution in [0.1, 0.15) is 19.4 Å². The summed E-state index contributed by atoms with van der Waals surface area (Å²) in [7, 11) is 1.98. The molecule has 0 atom stereocenters. The molecule has 2 aromatic rings. The third-order valence-corrected chi connectivity index (χ3v) is 3.22. The molecule has 0 bridgehead atoms. The van der Waals surface area contributed by atoms with Crippen molar-refractivity contribution in [1.29, 1.82) is 0 Å². The van der Waals surface area contributed by atoms with E-state index in [1.165, 1.54) is 5.56 Å². The van der Waals surface area contributed by atoms with Crippen LogP contribution in [0.3, 0.4) is 0 Å². The third kappa shape index (κ3) is 1.58. The number of hydrogen-bond acceptors (Lipinski definition) is 2. The van der Waals surface area contributed by atoms with Crippen molar-refractivity contribution < 1.29 is 0 Å². The highest BCUT2D eigenvalue weighted by atomic mass is 15.0. The number of nitrogens with zero attached hydrogens (tertiary/aromatic N) is 3. The summed E-state index contributed by atoms with van der Waals surface area (Å²) in [5.41, 5.74) is 4.53. The molecule has 0 radical (unpaired) electrons. The molecule has 3 rings (SSSR count). The third-order valence-electron chi connectivity index (χ3n) is 3.22. The van der Waals surface area contributed by atoms with Gasteiger partial charge in [-0.2, -0.15) is 0 Å². The van der Waals surface area contributed by atoms with Gasteiger partial charge >= 0.3 is 0 Å². The van der Waals surface area contributed by atoms with Crippen LogP contribution in [-0.4, -0.2) is 15.8 Å². The van der Waals surface area contributed by atoms with Crippen LogP contribution in [0.25, 0.3) is 11.3 Å². The van der Waals surface area contributed by atoms with Crippen molar-refractivity contribution in [3.63, 3.8) is 0 Å². The second-order valence-corrected chi connectivity index (χ2v) is 5.14. The van der Waals surface area contributed by atoms with Crippen LogP contribution < -0.4 is 0 Å². The quantitative estimate of drug-likeness (QED) is 0.733. The van der Waals surface area contributed by atoms with Crippen LogP contribution in [0.4, 0.5) is 5.69 Å². The Labute approximate surface area is 101 Å². The lowest BCUT2D eigenvalue weighted by Gasteiger charge is -2.15. The topological polar surface area (TPSA) is 30.2 Å². The predicted molar refractivity (Wildman–Crippen MR) is 69.8 cm³/mol. The van der Waals surface area contributed by atoms with Gasteiger partial charge in [0.2, 0.25) is 0 Å². The van der Waals surface area contributed by atoms with Crippen molar-refractivity contribution in [2.24, 2.45) is 12.0 Å². The van der Waals surface area contributed by atoms with E-state index in [1.54, 1.807) is 0 Å². The van der Waals surface area contributed by atoms with Crippen molar-refractivity contribution in [3.8, 4) is 11.3 Å². The Bertz CT molecular complexity index is 606. The fourth-order valence-electron chi connectivity index (χ4n) is 2.20. The fourth-order valence-corrected chi connectivity index (χ4v) is 2.20. The van der Waals surface area contributed by atoms with E-state index in [4.69, 9.17) is 0 Å². The zero-order valence-electron chi connectivity index (χ0n) is 10.3. The van der Waals surface area contributed by atoms with E-state index in [0.29, 0.717) is 0 Å². The lowest BCUT2D eigenvalue weighted by atomic mass is 9.86. The fraction of sp³-hybridized carbons (Fsp3) is 0.286. The SMILES string of the molecule is Cn1cnc(-c2ccc3c(c2)N=CC3(C)C)c1. The van der Waals surface area contributed by atoms with E-state index in [-0.39, 0.29) is 5.41 Å². The molecule has 0 amide bonds. The van der Waals surface area contributed by atoms with Crippen molar-refractivity contribution in [2.75, 3.05) is 0 Å². The van der Waals surface area contributed by atoms with E-state index < -0.39 is 0 Å². The van der Waals surface area contributed by atoms with Gasteiger partial charge in [-0.1, -0.05) is 26.0 Å². The van der Waals surface area contributed by atoms with Crippen molar-refractivity contribution in [3.05, 3.63) is 36.3 Å². The summed E-state index contributed by atoms with van der Waals surface area (Å²) in [6.07, 6.45) is 5.85. The van der Waals surface area contributed by atoms with Gasteiger partial charge < -0.3 is 4.57 Å². The molecule has 1 aromatic heterocycles. The Kier molecular flexibility index (Phi) is 1.99. The molecule has 1 aliphatic rings. The summed E-state index contributed by atoms with van der Waals surface area (Å²) in [4.78, 5) is 8.84. The summed E-state index contributed by atoms with van der Waals surface area (Å²) >= 11 is 0. The van der Waals surface area contributed by atoms with Crippen molar-refractivity contribution in [2.45, 2.75) is 19.3 Å². The Morgan fingerprint density at radius 2 is 2.06 bits per heavy atom. The number of benzene rings is 1. The minimum absolute atomic E-state index is 0.0536. The zero-order chi connectivity index (χ0) is 12.0. The van der Waals surface area contributed by atoms with Crippen LogP contribution in [0, 0.1) is 0 Å². The first-order chi connectivity index (χ1) is 8.06. The van der Waals surface area contributed by atoms with Crippen LogP contribution in [0.2, 0.25) is 0 Å². The summed E-state index contributed by atoms with van der Waals surface area (Å²) < 4.78 is 1.95. The molecule has 0 unspecified atom stereocenters. The van der Waals surface area contributed by atoms with Crippen LogP contribution >= 0.6 is 0 Å². The molecular weight excluding hydrogens is 210 g/mol. The molecule has 17 heavy (non-hydrogen) atoms. The molecule has 0 saturated heterocycles. The molecule has 2 heterocycles.